The van der Waals surface area contributed by atoms with Crippen molar-refractivity contribution in [3.8, 4) is 0 Å². The molecule has 0 saturated heterocycles. The number of nitrogens with one attached hydrogen (secondary N) is 1. The normalized spacial score (nSPS) is 11.8. The van der Waals surface area contributed by atoms with Crippen LogP contribution in [0, 0.1) is 0 Å². The van der Waals surface area contributed by atoms with E-state index in [9.17, 15) is 13.2 Å². The third-order valence-corrected chi connectivity index (χ3v) is 4.28. The van der Waals surface area contributed by atoms with E-state index in [-0.39, 0.29) is 5.56 Å². The van der Waals surface area contributed by atoms with Crippen molar-refractivity contribution >= 4 is 16.0 Å². The van der Waals surface area contributed by atoms with Gasteiger partial charge in [-0.2, -0.15) is 0 Å². The lowest BCUT2D eigenvalue weighted by molar-refractivity contribution is 0.0694. The van der Waals surface area contributed by atoms with Crippen molar-refractivity contribution in [3.63, 3.8) is 0 Å². The maximum Gasteiger partial charge on any atom is 0.339 e. The van der Waals surface area contributed by atoms with Gasteiger partial charge in [-0.3, -0.25) is 0 Å². The molecule has 0 radical (unpaired) electrons. The van der Waals surface area contributed by atoms with Gasteiger partial charge in [-0.15, -0.1) is 0 Å². The fourth-order valence-electron chi connectivity index (χ4n) is 1.82. The molecular formula is C12H20N4O4S. The van der Waals surface area contributed by atoms with E-state index in [2.05, 4.69) is 15.3 Å². The average molecular weight is 316 g/mol. The van der Waals surface area contributed by atoms with Crippen LogP contribution in [0.25, 0.3) is 0 Å². The summed E-state index contributed by atoms with van der Waals surface area (Å²) in [5.74, 6) is -1.07. The van der Waals surface area contributed by atoms with Crippen LogP contribution in [-0.2, 0) is 16.6 Å². The van der Waals surface area contributed by atoms with E-state index in [1.54, 1.807) is 6.92 Å². The molecule has 0 aliphatic rings. The number of carboxylic acids is 1. The van der Waals surface area contributed by atoms with Gasteiger partial charge in [0, 0.05) is 25.8 Å². The summed E-state index contributed by atoms with van der Waals surface area (Å²) < 4.78 is 24.2. The van der Waals surface area contributed by atoms with Crippen LogP contribution in [0.1, 0.15) is 29.4 Å². The lowest BCUT2D eigenvalue weighted by Crippen LogP contribution is -2.32. The quantitative estimate of drug-likeness (QED) is 0.613. The molecule has 1 heterocycles. The van der Waals surface area contributed by atoms with Crippen LogP contribution in [0.15, 0.2) is 12.5 Å². The number of aromatic carboxylic acids is 1. The zero-order valence-electron chi connectivity index (χ0n) is 12.1. The van der Waals surface area contributed by atoms with Gasteiger partial charge in [0.15, 0.2) is 0 Å². The molecule has 0 aliphatic heterocycles. The first kappa shape index (κ1) is 17.5. The first-order valence-electron chi connectivity index (χ1n) is 6.54. The zero-order chi connectivity index (χ0) is 15.9. The van der Waals surface area contributed by atoms with Crippen molar-refractivity contribution < 1.29 is 18.3 Å². The summed E-state index contributed by atoms with van der Waals surface area (Å²) in [5.41, 5.74) is 0.476. The second-order valence-corrected chi connectivity index (χ2v) is 6.46. The molecule has 0 spiro atoms. The van der Waals surface area contributed by atoms with E-state index >= 15 is 0 Å². The highest BCUT2D eigenvalue weighted by molar-refractivity contribution is 7.88. The van der Waals surface area contributed by atoms with Crippen LogP contribution in [0.2, 0.25) is 0 Å². The largest absolute Gasteiger partial charge is 0.478 e. The molecule has 118 valence electrons. The van der Waals surface area contributed by atoms with E-state index in [0.29, 0.717) is 38.3 Å². The predicted octanol–water partition coefficient (Wildman–Crippen LogP) is -0.0640. The molecular weight excluding hydrogens is 296 g/mol. The van der Waals surface area contributed by atoms with Crippen LogP contribution < -0.4 is 5.32 Å². The minimum absolute atomic E-state index is 0.0660. The predicted molar refractivity (Wildman–Crippen MR) is 77.4 cm³/mol. The Kier molecular flexibility index (Phi) is 6.66. The van der Waals surface area contributed by atoms with Crippen LogP contribution >= 0.6 is 0 Å². The molecule has 0 aliphatic carbocycles. The Balaban J connectivity index is 2.40. The second kappa shape index (κ2) is 8.01. The number of hydrogen-bond donors (Lipinski definition) is 2. The molecule has 2 N–H and O–H groups in total. The van der Waals surface area contributed by atoms with E-state index < -0.39 is 16.0 Å². The number of carboxylic acid groups (broad SMARTS) is 1. The van der Waals surface area contributed by atoms with Gasteiger partial charge >= 0.3 is 5.97 Å². The van der Waals surface area contributed by atoms with Crippen molar-refractivity contribution in [2.75, 3.05) is 25.9 Å². The second-order valence-electron chi connectivity index (χ2n) is 4.47. The Labute approximate surface area is 124 Å². The summed E-state index contributed by atoms with van der Waals surface area (Å²) in [6, 6.07) is 0. The molecule has 1 aromatic rings. The van der Waals surface area contributed by atoms with Gasteiger partial charge < -0.3 is 10.4 Å². The van der Waals surface area contributed by atoms with Crippen LogP contribution in [0.4, 0.5) is 0 Å². The molecule has 0 saturated carbocycles. The molecule has 1 aromatic heterocycles. The highest BCUT2D eigenvalue weighted by Gasteiger charge is 2.13. The Hall–Kier alpha value is -1.58. The SMILES string of the molecule is CCN(CCCNCc1ncncc1C(=O)O)S(C)(=O)=O. The summed E-state index contributed by atoms with van der Waals surface area (Å²) in [4.78, 5) is 18.6. The van der Waals surface area contributed by atoms with Gasteiger partial charge in [0.05, 0.1) is 11.9 Å². The van der Waals surface area contributed by atoms with Crippen molar-refractivity contribution in [2.24, 2.45) is 0 Å². The molecule has 8 nitrogen and oxygen atoms in total. The monoisotopic (exact) mass is 316 g/mol. The van der Waals surface area contributed by atoms with Gasteiger partial charge in [-0.1, -0.05) is 6.92 Å². The third-order valence-electron chi connectivity index (χ3n) is 2.90. The summed E-state index contributed by atoms with van der Waals surface area (Å²) in [6.45, 7) is 3.52. The number of rotatable bonds is 9. The topological polar surface area (TPSA) is 112 Å². The first-order valence-corrected chi connectivity index (χ1v) is 8.39. The number of carbonyl (C=O) groups is 1. The van der Waals surface area contributed by atoms with Gasteiger partial charge in [0.2, 0.25) is 10.0 Å². The summed E-state index contributed by atoms with van der Waals surface area (Å²) in [7, 11) is -3.17. The molecule has 0 fully saturated rings. The molecule has 21 heavy (non-hydrogen) atoms. The smallest absolute Gasteiger partial charge is 0.339 e. The Morgan fingerprint density at radius 2 is 2.19 bits per heavy atom. The van der Waals surface area contributed by atoms with E-state index in [4.69, 9.17) is 5.11 Å². The van der Waals surface area contributed by atoms with Crippen LogP contribution in [0.3, 0.4) is 0 Å². The molecule has 9 heteroatoms. The molecule has 1 rings (SSSR count). The molecule has 0 unspecified atom stereocenters. The van der Waals surface area contributed by atoms with Crippen LogP contribution in [-0.4, -0.2) is 59.7 Å². The maximum absolute atomic E-state index is 11.4. The molecule has 0 aromatic carbocycles. The van der Waals surface area contributed by atoms with Crippen LogP contribution in [0.5, 0.6) is 0 Å². The van der Waals surface area contributed by atoms with Crippen molar-refractivity contribution in [1.29, 1.82) is 0 Å². The van der Waals surface area contributed by atoms with Gasteiger partial charge in [-0.25, -0.2) is 27.5 Å². The fraction of sp³-hybridized carbons (Fsp3) is 0.583. The lowest BCUT2D eigenvalue weighted by Gasteiger charge is -2.17. The summed E-state index contributed by atoms with van der Waals surface area (Å²) in [5, 5.41) is 12.0. The summed E-state index contributed by atoms with van der Waals surface area (Å²) in [6.07, 6.45) is 4.37. The molecule has 0 amide bonds. The van der Waals surface area contributed by atoms with Crippen molar-refractivity contribution in [2.45, 2.75) is 19.9 Å². The van der Waals surface area contributed by atoms with Gasteiger partial charge in [0.25, 0.3) is 0 Å². The van der Waals surface area contributed by atoms with E-state index in [0.717, 1.165) is 0 Å². The maximum atomic E-state index is 11.4. The minimum atomic E-state index is -3.17. The van der Waals surface area contributed by atoms with Crippen molar-refractivity contribution in [3.05, 3.63) is 23.8 Å². The standard InChI is InChI=1S/C12H20N4O4S/c1-3-16(21(2,19)20)6-4-5-13-8-11-10(12(17)18)7-14-9-15-11/h7,9,13H,3-6,8H2,1-2H3,(H,17,18). The van der Waals surface area contributed by atoms with Crippen molar-refractivity contribution in [1.82, 2.24) is 19.6 Å². The number of aromatic nitrogens is 2. The zero-order valence-corrected chi connectivity index (χ0v) is 12.9. The van der Waals surface area contributed by atoms with Gasteiger partial charge in [-0.05, 0) is 13.0 Å². The molecule has 0 bridgehead atoms. The number of nitrogens with zero attached hydrogens (tertiary/aromatic N) is 3. The lowest BCUT2D eigenvalue weighted by atomic mass is 10.2. The third kappa shape index (κ3) is 5.74. The van der Waals surface area contributed by atoms with E-state index in [1.165, 1.54) is 23.1 Å². The summed E-state index contributed by atoms with van der Waals surface area (Å²) >= 11 is 0. The number of hydrogen-bond acceptors (Lipinski definition) is 6. The average Bonchev–Trinajstić information content (AvgIpc) is 2.41. The van der Waals surface area contributed by atoms with E-state index in [1.807, 2.05) is 0 Å². The highest BCUT2D eigenvalue weighted by Crippen LogP contribution is 2.03. The fourth-order valence-corrected chi connectivity index (χ4v) is 2.75. The Morgan fingerprint density at radius 3 is 2.76 bits per heavy atom. The molecule has 0 atom stereocenters. The highest BCUT2D eigenvalue weighted by atomic mass is 32.2. The van der Waals surface area contributed by atoms with Gasteiger partial charge in [0.1, 0.15) is 11.9 Å². The minimum Gasteiger partial charge on any atom is -0.478 e. The Bertz CT molecular complexity index is 576. The number of sulfonamides is 1. The first-order chi connectivity index (χ1) is 9.86. The Morgan fingerprint density at radius 1 is 1.48 bits per heavy atom.